The first-order chi connectivity index (χ1) is 17.1. The fourth-order valence-electron chi connectivity index (χ4n) is 9.18. The van der Waals surface area contributed by atoms with Gasteiger partial charge in [-0.25, -0.2) is 0 Å². The van der Waals surface area contributed by atoms with E-state index in [9.17, 15) is 9.90 Å². The summed E-state index contributed by atoms with van der Waals surface area (Å²) >= 11 is 0. The average molecular weight is 471 g/mol. The molecule has 4 bridgehead atoms. The standard InChI is InChI=1S/C30H34N2O3/c33-22-9-8-21-15-26-30-11-10-24-28(29(30,23(21)16-22)12-13-31(26)17-20-6-7-20)25(35-30)18-32(24)27(34)14-19-4-2-1-3-5-19/h1-5,8-9,16,20,24-26,28,33H,6-7,10-15,17-18H2/t24-,25-,26-,28+,29+,30-/m1/s1. The number of ether oxygens (including phenoxy) is 1. The number of phenolic OH excluding ortho intramolecular Hbond substituents is 1. The van der Waals surface area contributed by atoms with Crippen LogP contribution in [0.1, 0.15) is 48.8 Å². The van der Waals surface area contributed by atoms with Crippen LogP contribution in [0.25, 0.3) is 0 Å². The Hall–Kier alpha value is -2.37. The molecule has 1 amide bonds. The van der Waals surface area contributed by atoms with Crippen molar-refractivity contribution in [1.29, 1.82) is 0 Å². The van der Waals surface area contributed by atoms with Crippen LogP contribution in [0.2, 0.25) is 0 Å². The van der Waals surface area contributed by atoms with Crippen LogP contribution in [0.4, 0.5) is 0 Å². The molecule has 8 rings (SSSR count). The number of rotatable bonds is 4. The zero-order chi connectivity index (χ0) is 23.4. The van der Waals surface area contributed by atoms with Crippen LogP contribution >= 0.6 is 0 Å². The highest BCUT2D eigenvalue weighted by atomic mass is 16.5. The van der Waals surface area contributed by atoms with Gasteiger partial charge in [-0.2, -0.15) is 0 Å². The molecule has 2 aromatic carbocycles. The molecule has 5 fully saturated rings. The van der Waals surface area contributed by atoms with Crippen molar-refractivity contribution in [2.45, 2.75) is 74.1 Å². The van der Waals surface area contributed by atoms with E-state index in [1.54, 1.807) is 0 Å². The number of nitrogens with zero attached hydrogens (tertiary/aromatic N) is 2. The Labute approximate surface area is 207 Å². The number of hydrogen-bond acceptors (Lipinski definition) is 4. The van der Waals surface area contributed by atoms with Crippen LogP contribution in [0.3, 0.4) is 0 Å². The van der Waals surface area contributed by atoms with E-state index in [1.807, 2.05) is 24.3 Å². The fourth-order valence-corrected chi connectivity index (χ4v) is 9.18. The molecular formula is C30H34N2O3. The van der Waals surface area contributed by atoms with Crippen molar-refractivity contribution >= 4 is 5.91 Å². The SMILES string of the molecule is O=C(Cc1ccccc1)N1C[C@H]2O[C@@]34CC[C@@H]1[C@@H]2[C@@]31CCN(CC2CC2)[C@@H]4Cc2ccc(O)cc21. The highest BCUT2D eigenvalue weighted by molar-refractivity contribution is 5.80. The topological polar surface area (TPSA) is 53.0 Å². The number of phenols is 1. The lowest BCUT2D eigenvalue weighted by Gasteiger charge is -2.64. The molecular weight excluding hydrogens is 436 g/mol. The Kier molecular flexibility index (Phi) is 4.22. The summed E-state index contributed by atoms with van der Waals surface area (Å²) in [5.41, 5.74) is 3.53. The van der Waals surface area contributed by atoms with Crippen LogP contribution in [-0.2, 0) is 27.8 Å². The molecule has 0 unspecified atom stereocenters. The number of benzene rings is 2. The lowest BCUT2D eigenvalue weighted by molar-refractivity contribution is -0.176. The van der Waals surface area contributed by atoms with Crippen molar-refractivity contribution in [2.24, 2.45) is 11.8 Å². The van der Waals surface area contributed by atoms with Gasteiger partial charge in [-0.05, 0) is 79.8 Å². The molecule has 2 saturated carbocycles. The summed E-state index contributed by atoms with van der Waals surface area (Å²) in [6.45, 7) is 3.03. The van der Waals surface area contributed by atoms with Gasteiger partial charge >= 0.3 is 0 Å². The number of amides is 1. The summed E-state index contributed by atoms with van der Waals surface area (Å²) in [7, 11) is 0. The quantitative estimate of drug-likeness (QED) is 0.741. The Morgan fingerprint density at radius 3 is 2.77 bits per heavy atom. The Bertz CT molecular complexity index is 1200. The molecule has 0 radical (unpaired) electrons. The van der Waals surface area contributed by atoms with Gasteiger partial charge in [0.05, 0.1) is 18.1 Å². The normalized spacial score (nSPS) is 38.8. The molecule has 1 N–H and O–H groups in total. The second kappa shape index (κ2) is 7.10. The number of aromatic hydroxyl groups is 1. The number of fused-ring (bicyclic) bond motifs is 1. The fraction of sp³-hybridized carbons (Fsp3) is 0.567. The van der Waals surface area contributed by atoms with Gasteiger partial charge in [0.25, 0.3) is 0 Å². The minimum absolute atomic E-state index is 0.0962. The van der Waals surface area contributed by atoms with Crippen molar-refractivity contribution in [3.8, 4) is 5.75 Å². The van der Waals surface area contributed by atoms with Crippen molar-refractivity contribution in [3.05, 3.63) is 65.2 Å². The third-order valence-electron chi connectivity index (χ3n) is 10.6. The van der Waals surface area contributed by atoms with Gasteiger partial charge in [0, 0.05) is 36.5 Å². The molecule has 0 aromatic heterocycles. The van der Waals surface area contributed by atoms with Crippen LogP contribution in [0, 0.1) is 11.8 Å². The van der Waals surface area contributed by atoms with Crippen molar-refractivity contribution < 1.29 is 14.6 Å². The molecule has 3 aliphatic carbocycles. The van der Waals surface area contributed by atoms with Crippen molar-refractivity contribution in [3.63, 3.8) is 0 Å². The van der Waals surface area contributed by atoms with E-state index < -0.39 is 0 Å². The zero-order valence-electron chi connectivity index (χ0n) is 20.2. The lowest BCUT2D eigenvalue weighted by atomic mass is 9.46. The highest BCUT2D eigenvalue weighted by Crippen LogP contribution is 2.69. The molecule has 0 spiro atoms. The predicted molar refractivity (Wildman–Crippen MR) is 132 cm³/mol. The van der Waals surface area contributed by atoms with Gasteiger partial charge in [-0.15, -0.1) is 0 Å². The van der Waals surface area contributed by atoms with Crippen LogP contribution < -0.4 is 0 Å². The summed E-state index contributed by atoms with van der Waals surface area (Å²) in [6, 6.07) is 16.9. The molecule has 6 atom stereocenters. The smallest absolute Gasteiger partial charge is 0.227 e. The number of carbonyl (C=O) groups excluding carboxylic acids is 1. The van der Waals surface area contributed by atoms with Gasteiger partial charge in [0.1, 0.15) is 5.75 Å². The first-order valence-electron chi connectivity index (χ1n) is 13.7. The minimum atomic E-state index is -0.179. The molecule has 3 saturated heterocycles. The maximum atomic E-state index is 13.6. The highest BCUT2D eigenvalue weighted by Gasteiger charge is 2.78. The minimum Gasteiger partial charge on any atom is -0.508 e. The third kappa shape index (κ3) is 2.69. The first kappa shape index (κ1) is 20.8. The first-order valence-corrected chi connectivity index (χ1v) is 13.7. The Balaban J connectivity index is 1.20. The zero-order valence-corrected chi connectivity index (χ0v) is 20.2. The summed E-state index contributed by atoms with van der Waals surface area (Å²) in [5, 5.41) is 10.6. The largest absolute Gasteiger partial charge is 0.508 e. The van der Waals surface area contributed by atoms with Crippen molar-refractivity contribution in [2.75, 3.05) is 19.6 Å². The summed E-state index contributed by atoms with van der Waals surface area (Å²) < 4.78 is 7.27. The summed E-state index contributed by atoms with van der Waals surface area (Å²) in [5.74, 6) is 1.78. The van der Waals surface area contributed by atoms with Gasteiger partial charge in [0.2, 0.25) is 5.91 Å². The third-order valence-corrected chi connectivity index (χ3v) is 10.6. The van der Waals surface area contributed by atoms with Gasteiger partial charge in [-0.1, -0.05) is 36.4 Å². The van der Waals surface area contributed by atoms with Crippen LogP contribution in [-0.4, -0.2) is 64.2 Å². The van der Waals surface area contributed by atoms with E-state index in [4.69, 9.17) is 4.74 Å². The lowest BCUT2D eigenvalue weighted by Crippen LogP contribution is -2.74. The molecule has 6 aliphatic rings. The molecule has 3 aliphatic heterocycles. The molecule has 2 aromatic rings. The number of likely N-dealkylation sites (tertiary alicyclic amines) is 2. The van der Waals surface area contributed by atoms with Crippen LogP contribution in [0.5, 0.6) is 5.75 Å². The Morgan fingerprint density at radius 1 is 1.09 bits per heavy atom. The molecule has 5 heteroatoms. The summed E-state index contributed by atoms with van der Waals surface area (Å²) in [6.07, 6.45) is 7.45. The van der Waals surface area contributed by atoms with E-state index in [2.05, 4.69) is 34.1 Å². The second-order valence-electron chi connectivity index (χ2n) is 12.1. The molecule has 5 nitrogen and oxygen atoms in total. The van der Waals surface area contributed by atoms with E-state index in [1.165, 1.54) is 30.5 Å². The monoisotopic (exact) mass is 470 g/mol. The number of piperidine rings is 1. The Morgan fingerprint density at radius 2 is 1.94 bits per heavy atom. The molecule has 3 heterocycles. The van der Waals surface area contributed by atoms with E-state index in [-0.39, 0.29) is 29.1 Å². The average Bonchev–Trinajstić information content (AvgIpc) is 3.55. The summed E-state index contributed by atoms with van der Waals surface area (Å²) in [4.78, 5) is 18.5. The second-order valence-corrected chi connectivity index (χ2v) is 12.1. The van der Waals surface area contributed by atoms with E-state index in [0.29, 0.717) is 30.7 Å². The maximum absolute atomic E-state index is 13.6. The molecule has 35 heavy (non-hydrogen) atoms. The molecule has 182 valence electrons. The van der Waals surface area contributed by atoms with Crippen molar-refractivity contribution in [1.82, 2.24) is 9.80 Å². The predicted octanol–water partition coefficient (Wildman–Crippen LogP) is 3.67. The van der Waals surface area contributed by atoms with Gasteiger partial charge < -0.3 is 14.7 Å². The van der Waals surface area contributed by atoms with E-state index >= 15 is 0 Å². The maximum Gasteiger partial charge on any atom is 0.227 e. The van der Waals surface area contributed by atoms with Gasteiger partial charge in [0.15, 0.2) is 0 Å². The number of carbonyl (C=O) groups is 1. The number of hydrogen-bond donors (Lipinski definition) is 1. The van der Waals surface area contributed by atoms with E-state index in [0.717, 1.165) is 43.7 Å². The van der Waals surface area contributed by atoms with Crippen LogP contribution in [0.15, 0.2) is 48.5 Å². The van der Waals surface area contributed by atoms with Gasteiger partial charge in [-0.3, -0.25) is 9.69 Å².